The molecule has 1 amide bonds. The van der Waals surface area contributed by atoms with Crippen molar-refractivity contribution in [1.82, 2.24) is 10.2 Å². The van der Waals surface area contributed by atoms with E-state index in [0.717, 1.165) is 35.4 Å². The highest BCUT2D eigenvalue weighted by Crippen LogP contribution is 2.50. The fourth-order valence-electron chi connectivity index (χ4n) is 3.79. The van der Waals surface area contributed by atoms with Gasteiger partial charge in [-0.1, -0.05) is 28.4 Å². The van der Waals surface area contributed by atoms with Crippen molar-refractivity contribution in [3.63, 3.8) is 0 Å². The quantitative estimate of drug-likeness (QED) is 0.435. The normalized spacial score (nSPS) is 22.6. The molecule has 0 spiro atoms. The number of carbonyl (C=O) groups excluding carboxylic acids is 1. The summed E-state index contributed by atoms with van der Waals surface area (Å²) in [6, 6.07) is 3.73. The molecule has 1 fully saturated rings. The number of amides is 1. The number of alkyl halides is 3. The molecule has 1 aliphatic carbocycles. The Bertz CT molecular complexity index is 1100. The molecule has 2 aromatic rings. The van der Waals surface area contributed by atoms with Crippen molar-refractivity contribution in [2.75, 3.05) is 0 Å². The molecule has 1 N–H and O–H groups in total. The maximum atomic E-state index is 14.1. The van der Waals surface area contributed by atoms with Crippen LogP contribution in [-0.4, -0.2) is 28.9 Å². The van der Waals surface area contributed by atoms with Crippen molar-refractivity contribution in [2.45, 2.75) is 50.2 Å². The molecule has 3 heterocycles. The fourth-order valence-corrected chi connectivity index (χ4v) is 5.37. The summed E-state index contributed by atoms with van der Waals surface area (Å²) in [5.74, 6) is -1.02. The maximum absolute atomic E-state index is 14.1. The average Bonchev–Trinajstić information content (AvgIpc) is 3.12. The highest BCUT2D eigenvalue weighted by Gasteiger charge is 2.63. The van der Waals surface area contributed by atoms with Crippen LogP contribution in [0.5, 0.6) is 0 Å². The van der Waals surface area contributed by atoms with E-state index in [1.165, 1.54) is 11.3 Å². The molecule has 3 aliphatic rings. The van der Waals surface area contributed by atoms with E-state index in [0.29, 0.717) is 18.0 Å². The van der Waals surface area contributed by atoms with Gasteiger partial charge < -0.3 is 15.1 Å². The predicted octanol–water partition coefficient (Wildman–Crippen LogP) is 5.59. The Hall–Kier alpha value is -2.04. The van der Waals surface area contributed by atoms with Gasteiger partial charge in [-0.15, -0.1) is 11.3 Å². The molecule has 0 saturated heterocycles. The molecule has 5 nitrogen and oxygen atoms in total. The van der Waals surface area contributed by atoms with Gasteiger partial charge in [0.1, 0.15) is 5.84 Å². The minimum atomic E-state index is -4.86. The van der Waals surface area contributed by atoms with Gasteiger partial charge >= 0.3 is 6.18 Å². The molecule has 1 aromatic heterocycles. The first-order valence-corrected chi connectivity index (χ1v) is 11.3. The summed E-state index contributed by atoms with van der Waals surface area (Å²) >= 11 is 12.8. The van der Waals surface area contributed by atoms with Crippen molar-refractivity contribution in [2.24, 2.45) is 5.16 Å². The van der Waals surface area contributed by atoms with Crippen LogP contribution >= 0.6 is 34.5 Å². The van der Waals surface area contributed by atoms with E-state index in [-0.39, 0.29) is 17.8 Å². The molecule has 5 rings (SSSR count). The number of hydrogen-bond acceptors (Lipinski definition) is 5. The van der Waals surface area contributed by atoms with Crippen LogP contribution in [0.15, 0.2) is 23.4 Å². The zero-order chi connectivity index (χ0) is 22.8. The number of carbonyl (C=O) groups is 1. The molecule has 170 valence electrons. The first-order valence-electron chi connectivity index (χ1n) is 9.71. The number of benzene rings is 1. The van der Waals surface area contributed by atoms with Crippen molar-refractivity contribution < 1.29 is 27.2 Å². The lowest BCUT2D eigenvalue weighted by molar-refractivity contribution is -0.275. The van der Waals surface area contributed by atoms with Crippen LogP contribution in [-0.2, 0) is 23.5 Å². The number of hydrogen-bond donors (Lipinski definition) is 1. The summed E-state index contributed by atoms with van der Waals surface area (Å²) < 4.78 is 56.2. The summed E-state index contributed by atoms with van der Waals surface area (Å²) in [6.07, 6.45) is -3.51. The first-order chi connectivity index (χ1) is 15.1. The van der Waals surface area contributed by atoms with Crippen LogP contribution in [0.1, 0.15) is 44.9 Å². The second-order valence-corrected chi connectivity index (χ2v) is 9.97. The molecule has 0 radical (unpaired) electrons. The summed E-state index contributed by atoms with van der Waals surface area (Å²) in [6.45, 7) is 0.626. The highest BCUT2D eigenvalue weighted by atomic mass is 35.5. The van der Waals surface area contributed by atoms with E-state index >= 15 is 0 Å². The summed E-state index contributed by atoms with van der Waals surface area (Å²) in [5.41, 5.74) is -2.38. The third kappa shape index (κ3) is 3.62. The maximum Gasteiger partial charge on any atom is 0.435 e. The van der Waals surface area contributed by atoms with Gasteiger partial charge in [0.05, 0.1) is 27.9 Å². The molecule has 1 aromatic carbocycles. The van der Waals surface area contributed by atoms with E-state index in [1.807, 2.05) is 0 Å². The molecule has 2 aliphatic heterocycles. The van der Waals surface area contributed by atoms with Gasteiger partial charge in [0, 0.05) is 23.0 Å². The van der Waals surface area contributed by atoms with Crippen LogP contribution in [0, 0.1) is 5.82 Å². The molecular formula is C20H15Cl2F4N3O2S. The molecule has 1 saturated carbocycles. The number of thiophene rings is 1. The van der Waals surface area contributed by atoms with Gasteiger partial charge in [0.25, 0.3) is 11.5 Å². The SMILES string of the molecule is O=C(NC1CC1)c1cc2c(s1)CN(C1=NOC(c3cc(Cl)c(F)c(Cl)c3)(C(F)(F)F)C1)C2. The number of fused-ring (bicyclic) bond motifs is 1. The smallest absolute Gasteiger partial charge is 0.372 e. The molecule has 0 bridgehead atoms. The summed E-state index contributed by atoms with van der Waals surface area (Å²) in [7, 11) is 0. The van der Waals surface area contributed by atoms with Crippen molar-refractivity contribution in [3.8, 4) is 0 Å². The standard InChI is InChI=1S/C20H15Cl2F4N3O2S/c21-12-4-10(5-13(22)17(12)23)19(20(24,25)26)6-16(28-31-19)29-7-9-3-14(32-15(9)8-29)18(30)27-11-1-2-11/h3-5,11H,1-2,6-8H2,(H,27,30). The number of amidine groups is 1. The number of rotatable bonds is 3. The van der Waals surface area contributed by atoms with Gasteiger partial charge in [-0.2, -0.15) is 13.2 Å². The Kier molecular flexibility index (Phi) is 5.10. The Morgan fingerprint density at radius 1 is 1.22 bits per heavy atom. The van der Waals surface area contributed by atoms with E-state index in [9.17, 15) is 22.4 Å². The zero-order valence-electron chi connectivity index (χ0n) is 16.2. The minimum absolute atomic E-state index is 0.103. The second kappa shape index (κ2) is 7.50. The summed E-state index contributed by atoms with van der Waals surface area (Å²) in [5, 5.41) is 5.59. The van der Waals surface area contributed by atoms with Crippen LogP contribution in [0.4, 0.5) is 17.6 Å². The molecular weight excluding hydrogens is 493 g/mol. The van der Waals surface area contributed by atoms with Crippen LogP contribution in [0.2, 0.25) is 10.0 Å². The zero-order valence-corrected chi connectivity index (χ0v) is 18.6. The fraction of sp³-hybridized carbons (Fsp3) is 0.400. The van der Waals surface area contributed by atoms with E-state index in [2.05, 4.69) is 10.5 Å². The van der Waals surface area contributed by atoms with Gasteiger partial charge in [0.15, 0.2) is 5.82 Å². The Labute approximate surface area is 193 Å². The number of nitrogens with one attached hydrogen (secondary N) is 1. The molecule has 1 unspecified atom stereocenters. The lowest BCUT2D eigenvalue weighted by Crippen LogP contribution is -2.44. The highest BCUT2D eigenvalue weighted by molar-refractivity contribution is 7.14. The lowest BCUT2D eigenvalue weighted by atomic mass is 9.89. The van der Waals surface area contributed by atoms with Crippen molar-refractivity contribution >= 4 is 46.3 Å². The number of halogens is 6. The second-order valence-electron chi connectivity index (χ2n) is 8.02. The average molecular weight is 508 g/mol. The Balaban J connectivity index is 1.35. The largest absolute Gasteiger partial charge is 0.435 e. The molecule has 32 heavy (non-hydrogen) atoms. The summed E-state index contributed by atoms with van der Waals surface area (Å²) in [4.78, 5) is 20.4. The predicted molar refractivity (Wildman–Crippen MR) is 111 cm³/mol. The van der Waals surface area contributed by atoms with Gasteiger partial charge in [-0.25, -0.2) is 4.39 Å². The van der Waals surface area contributed by atoms with E-state index in [4.69, 9.17) is 28.0 Å². The lowest BCUT2D eigenvalue weighted by Gasteiger charge is -2.30. The van der Waals surface area contributed by atoms with E-state index < -0.39 is 39.6 Å². The van der Waals surface area contributed by atoms with Crippen LogP contribution in [0.25, 0.3) is 0 Å². The van der Waals surface area contributed by atoms with E-state index in [1.54, 1.807) is 11.0 Å². The third-order valence-corrected chi connectivity index (χ3v) is 7.43. The monoisotopic (exact) mass is 507 g/mol. The molecule has 1 atom stereocenters. The number of oxime groups is 1. The van der Waals surface area contributed by atoms with Crippen LogP contribution < -0.4 is 5.32 Å². The Morgan fingerprint density at radius 2 is 1.91 bits per heavy atom. The first kappa shape index (κ1) is 21.8. The van der Waals surface area contributed by atoms with Gasteiger partial charge in [0.2, 0.25) is 0 Å². The topological polar surface area (TPSA) is 53.9 Å². The van der Waals surface area contributed by atoms with Crippen molar-refractivity contribution in [1.29, 1.82) is 0 Å². The van der Waals surface area contributed by atoms with Gasteiger partial charge in [-0.3, -0.25) is 4.79 Å². The Morgan fingerprint density at radius 3 is 2.50 bits per heavy atom. The van der Waals surface area contributed by atoms with Gasteiger partial charge in [-0.05, 0) is 36.6 Å². The third-order valence-electron chi connectivity index (χ3n) is 5.72. The van der Waals surface area contributed by atoms with Crippen LogP contribution in [0.3, 0.4) is 0 Å². The minimum Gasteiger partial charge on any atom is -0.372 e. The number of nitrogens with zero attached hydrogens (tertiary/aromatic N) is 2. The molecule has 12 heteroatoms. The van der Waals surface area contributed by atoms with Crippen molar-refractivity contribution in [3.05, 3.63) is 54.9 Å².